The number of carbonyl (C=O) groups is 3. The first-order valence-corrected chi connectivity index (χ1v) is 10.4. The second-order valence-electron chi connectivity index (χ2n) is 7.72. The molecule has 0 bridgehead atoms. The number of carbonyl (C=O) groups excluding carboxylic acids is 3. The molecule has 32 heavy (non-hydrogen) atoms. The number of halogens is 1. The predicted molar refractivity (Wildman–Crippen MR) is 117 cm³/mol. The smallest absolute Gasteiger partial charge is 0.313 e. The van der Waals surface area contributed by atoms with Crippen LogP contribution in [-0.2, 0) is 16.0 Å². The molecule has 0 saturated carbocycles. The average Bonchev–Trinajstić information content (AvgIpc) is 2.79. The number of nitrogens with zero attached hydrogens (tertiary/aromatic N) is 1. The van der Waals surface area contributed by atoms with Crippen LogP contribution in [0.15, 0.2) is 72.8 Å². The summed E-state index contributed by atoms with van der Waals surface area (Å²) in [6.45, 7) is 2.06. The van der Waals surface area contributed by atoms with Crippen molar-refractivity contribution < 1.29 is 23.5 Å². The van der Waals surface area contributed by atoms with E-state index in [0.717, 1.165) is 17.5 Å². The SMILES string of the molecule is CC(=O)N1CCc2ccccc2C1CC(=O)Oc1ccc(C(=O)c2ccc(F)cc2)cc1. The lowest BCUT2D eigenvalue weighted by atomic mass is 9.90. The lowest BCUT2D eigenvalue weighted by Gasteiger charge is -2.36. The Balaban J connectivity index is 1.45. The molecule has 1 amide bonds. The van der Waals surface area contributed by atoms with Gasteiger partial charge in [0, 0.05) is 24.6 Å². The van der Waals surface area contributed by atoms with E-state index in [1.165, 1.54) is 31.2 Å². The number of ether oxygens (including phenoxy) is 1. The zero-order valence-electron chi connectivity index (χ0n) is 17.6. The normalized spacial score (nSPS) is 15.1. The van der Waals surface area contributed by atoms with E-state index in [2.05, 4.69) is 0 Å². The molecule has 1 unspecified atom stereocenters. The Kier molecular flexibility index (Phi) is 6.12. The maximum absolute atomic E-state index is 13.1. The zero-order valence-corrected chi connectivity index (χ0v) is 17.6. The molecule has 1 aliphatic rings. The molecule has 0 aliphatic carbocycles. The zero-order chi connectivity index (χ0) is 22.7. The van der Waals surface area contributed by atoms with Crippen LogP contribution in [0.3, 0.4) is 0 Å². The Morgan fingerprint density at radius 1 is 0.938 bits per heavy atom. The molecule has 0 N–H and O–H groups in total. The van der Waals surface area contributed by atoms with Gasteiger partial charge in [0.05, 0.1) is 12.5 Å². The molecule has 4 rings (SSSR count). The summed E-state index contributed by atoms with van der Waals surface area (Å²) in [6, 6.07) is 19.0. The van der Waals surface area contributed by atoms with Crippen molar-refractivity contribution in [1.82, 2.24) is 4.90 Å². The molecule has 0 aromatic heterocycles. The van der Waals surface area contributed by atoms with Crippen molar-refractivity contribution in [2.75, 3.05) is 6.54 Å². The largest absolute Gasteiger partial charge is 0.426 e. The number of benzene rings is 3. The van der Waals surface area contributed by atoms with Gasteiger partial charge in [-0.3, -0.25) is 14.4 Å². The van der Waals surface area contributed by atoms with Gasteiger partial charge in [-0.15, -0.1) is 0 Å². The van der Waals surface area contributed by atoms with Crippen LogP contribution in [-0.4, -0.2) is 29.1 Å². The van der Waals surface area contributed by atoms with Crippen molar-refractivity contribution in [3.63, 3.8) is 0 Å². The fourth-order valence-corrected chi connectivity index (χ4v) is 4.02. The summed E-state index contributed by atoms with van der Waals surface area (Å²) in [5.41, 5.74) is 2.87. The molecule has 0 saturated heterocycles. The summed E-state index contributed by atoms with van der Waals surface area (Å²) in [7, 11) is 0. The minimum absolute atomic E-state index is 0.0346. The van der Waals surface area contributed by atoms with Crippen molar-refractivity contribution >= 4 is 17.7 Å². The second-order valence-corrected chi connectivity index (χ2v) is 7.72. The third-order valence-electron chi connectivity index (χ3n) is 5.63. The van der Waals surface area contributed by atoms with Gasteiger partial charge in [0.2, 0.25) is 5.91 Å². The van der Waals surface area contributed by atoms with E-state index in [4.69, 9.17) is 4.74 Å². The highest BCUT2D eigenvalue weighted by Crippen LogP contribution is 2.32. The highest BCUT2D eigenvalue weighted by molar-refractivity contribution is 6.09. The number of rotatable bonds is 5. The van der Waals surface area contributed by atoms with E-state index in [1.807, 2.05) is 24.3 Å². The minimum Gasteiger partial charge on any atom is -0.426 e. The Morgan fingerprint density at radius 2 is 1.56 bits per heavy atom. The summed E-state index contributed by atoms with van der Waals surface area (Å²) < 4.78 is 18.5. The molecule has 0 spiro atoms. The van der Waals surface area contributed by atoms with Gasteiger partial charge >= 0.3 is 5.97 Å². The van der Waals surface area contributed by atoms with Crippen molar-refractivity contribution in [3.05, 3.63) is 101 Å². The number of esters is 1. The lowest BCUT2D eigenvalue weighted by molar-refractivity contribution is -0.138. The summed E-state index contributed by atoms with van der Waals surface area (Å²) >= 11 is 0. The molecule has 3 aromatic carbocycles. The Bertz CT molecular complexity index is 1160. The van der Waals surface area contributed by atoms with Crippen LogP contribution < -0.4 is 4.74 Å². The first-order valence-electron chi connectivity index (χ1n) is 10.4. The fourth-order valence-electron chi connectivity index (χ4n) is 4.02. The first kappa shape index (κ1) is 21.4. The van der Waals surface area contributed by atoms with Gasteiger partial charge in [-0.2, -0.15) is 0 Å². The summed E-state index contributed by atoms with van der Waals surface area (Å²) in [6.07, 6.45) is 0.789. The van der Waals surface area contributed by atoms with Crippen LogP contribution in [0.5, 0.6) is 5.75 Å². The van der Waals surface area contributed by atoms with E-state index < -0.39 is 11.8 Å². The summed E-state index contributed by atoms with van der Waals surface area (Å²) in [5, 5.41) is 0. The van der Waals surface area contributed by atoms with Gasteiger partial charge in [0.1, 0.15) is 11.6 Å². The number of fused-ring (bicyclic) bond motifs is 1. The molecule has 162 valence electrons. The van der Waals surface area contributed by atoms with Gasteiger partial charge < -0.3 is 9.64 Å². The van der Waals surface area contributed by atoms with E-state index >= 15 is 0 Å². The Morgan fingerprint density at radius 3 is 2.22 bits per heavy atom. The average molecular weight is 431 g/mol. The number of hydrogen-bond acceptors (Lipinski definition) is 4. The molecule has 1 aliphatic heterocycles. The van der Waals surface area contributed by atoms with Crippen LogP contribution in [0.25, 0.3) is 0 Å². The third-order valence-corrected chi connectivity index (χ3v) is 5.63. The fraction of sp³-hybridized carbons (Fsp3) is 0.192. The van der Waals surface area contributed by atoms with Gasteiger partial charge in [0.25, 0.3) is 0 Å². The van der Waals surface area contributed by atoms with Crippen molar-refractivity contribution in [1.29, 1.82) is 0 Å². The quantitative estimate of drug-likeness (QED) is 0.339. The maximum Gasteiger partial charge on any atom is 0.313 e. The van der Waals surface area contributed by atoms with E-state index in [9.17, 15) is 18.8 Å². The molecule has 0 fully saturated rings. The van der Waals surface area contributed by atoms with Crippen LogP contribution in [0, 0.1) is 5.82 Å². The second kappa shape index (κ2) is 9.14. The van der Waals surface area contributed by atoms with Crippen LogP contribution in [0.4, 0.5) is 4.39 Å². The number of hydrogen-bond donors (Lipinski definition) is 0. The number of amides is 1. The van der Waals surface area contributed by atoms with Crippen molar-refractivity contribution in [2.24, 2.45) is 0 Å². The molecule has 1 atom stereocenters. The molecule has 1 heterocycles. The van der Waals surface area contributed by atoms with Crippen LogP contribution in [0.2, 0.25) is 0 Å². The summed E-state index contributed by atoms with van der Waals surface area (Å²) in [5.74, 6) is -0.896. The highest BCUT2D eigenvalue weighted by atomic mass is 19.1. The lowest BCUT2D eigenvalue weighted by Crippen LogP contribution is -2.40. The van der Waals surface area contributed by atoms with Crippen molar-refractivity contribution in [3.8, 4) is 5.75 Å². The molecular formula is C26H22FNO4. The molecule has 0 radical (unpaired) electrons. The minimum atomic E-state index is -0.462. The monoisotopic (exact) mass is 431 g/mol. The maximum atomic E-state index is 13.1. The summed E-state index contributed by atoms with van der Waals surface area (Å²) in [4.78, 5) is 39.0. The van der Waals surface area contributed by atoms with Crippen LogP contribution >= 0.6 is 0 Å². The molecule has 5 nitrogen and oxygen atoms in total. The van der Waals surface area contributed by atoms with Crippen LogP contribution in [0.1, 0.15) is 46.4 Å². The number of ketones is 1. The Hall–Kier alpha value is -3.80. The molecule has 6 heteroatoms. The van der Waals surface area contributed by atoms with E-state index in [1.54, 1.807) is 29.2 Å². The van der Waals surface area contributed by atoms with Gasteiger partial charge in [-0.1, -0.05) is 24.3 Å². The Labute approximate surface area is 185 Å². The van der Waals surface area contributed by atoms with E-state index in [-0.39, 0.29) is 24.2 Å². The molecular weight excluding hydrogens is 409 g/mol. The molecule has 3 aromatic rings. The van der Waals surface area contributed by atoms with Gasteiger partial charge in [-0.05, 0) is 66.1 Å². The topological polar surface area (TPSA) is 63.7 Å². The van der Waals surface area contributed by atoms with Gasteiger partial charge in [0.15, 0.2) is 5.78 Å². The standard InChI is InChI=1S/C26H22FNO4/c1-17(29)28-15-14-18-4-2-3-5-23(18)24(28)16-25(30)32-22-12-8-20(9-13-22)26(31)19-6-10-21(27)11-7-19/h2-13,24H,14-16H2,1H3. The first-order chi connectivity index (χ1) is 15.4. The predicted octanol–water partition coefficient (Wildman–Crippen LogP) is 4.50. The highest BCUT2D eigenvalue weighted by Gasteiger charge is 2.31. The third kappa shape index (κ3) is 4.59. The van der Waals surface area contributed by atoms with E-state index in [0.29, 0.717) is 23.4 Å². The van der Waals surface area contributed by atoms with Crippen molar-refractivity contribution in [2.45, 2.75) is 25.8 Å². The van der Waals surface area contributed by atoms with Gasteiger partial charge in [-0.25, -0.2) is 4.39 Å².